The van der Waals surface area contributed by atoms with Crippen molar-refractivity contribution in [3.05, 3.63) is 24.2 Å². The van der Waals surface area contributed by atoms with Crippen molar-refractivity contribution < 1.29 is 28.6 Å². The van der Waals surface area contributed by atoms with Gasteiger partial charge in [-0.2, -0.15) is 0 Å². The highest BCUT2D eigenvalue weighted by molar-refractivity contribution is 5.88. The molecule has 26 heavy (non-hydrogen) atoms. The first-order valence-electron chi connectivity index (χ1n) is 9.39. The van der Waals surface area contributed by atoms with Gasteiger partial charge in [0.05, 0.1) is 18.6 Å². The Morgan fingerprint density at radius 1 is 1.23 bits per heavy atom. The monoisotopic (exact) mass is 362 g/mol. The third-order valence-electron chi connectivity index (χ3n) is 6.54. The number of rotatable bonds is 1. The fourth-order valence-electron chi connectivity index (χ4n) is 4.81. The summed E-state index contributed by atoms with van der Waals surface area (Å²) in [6.45, 7) is 5.69. The third-order valence-corrected chi connectivity index (χ3v) is 6.54. The summed E-state index contributed by atoms with van der Waals surface area (Å²) in [5.74, 6) is -0.592. The van der Waals surface area contributed by atoms with E-state index in [1.807, 2.05) is 20.8 Å². The van der Waals surface area contributed by atoms with E-state index in [-0.39, 0.29) is 35.8 Å². The molecule has 6 heteroatoms. The molecule has 4 rings (SSSR count). The number of epoxide rings is 1. The van der Waals surface area contributed by atoms with Gasteiger partial charge < -0.3 is 19.0 Å². The van der Waals surface area contributed by atoms with Crippen molar-refractivity contribution in [2.75, 3.05) is 0 Å². The number of carbonyl (C=O) groups is 2. The lowest BCUT2D eigenvalue weighted by atomic mass is 9.68. The van der Waals surface area contributed by atoms with Crippen molar-refractivity contribution in [3.8, 4) is 0 Å². The van der Waals surface area contributed by atoms with Crippen LogP contribution >= 0.6 is 0 Å². The molecule has 0 aromatic carbocycles. The Balaban J connectivity index is 1.65. The Hall–Kier alpha value is -1.66. The number of Topliss-reactive ketones (excluding diaryl/α,β-unsaturated/α-hetero) is 1. The standard InChI is InChI=1S/C20H26O6/c1-11-8-14(21)17(22)19(2,3)6-4-16-20(26-16)13(11)9-15(25-18(20)23)12-5-7-24-10-12/h5,7,10-11,13-16,21H,4,6,8-9H2,1-3H3. The highest BCUT2D eigenvalue weighted by Gasteiger charge is 2.71. The minimum Gasteiger partial charge on any atom is -0.472 e. The molecule has 0 radical (unpaired) electrons. The zero-order chi connectivity index (χ0) is 18.7. The summed E-state index contributed by atoms with van der Waals surface area (Å²) < 4.78 is 16.8. The number of ketones is 1. The lowest BCUT2D eigenvalue weighted by Crippen LogP contribution is -2.48. The van der Waals surface area contributed by atoms with E-state index < -0.39 is 17.1 Å². The fourth-order valence-corrected chi connectivity index (χ4v) is 4.81. The van der Waals surface area contributed by atoms with Gasteiger partial charge in [0.2, 0.25) is 0 Å². The van der Waals surface area contributed by atoms with Crippen LogP contribution in [-0.2, 0) is 19.1 Å². The van der Waals surface area contributed by atoms with Gasteiger partial charge in [-0.1, -0.05) is 20.8 Å². The Bertz CT molecular complexity index is 708. The molecule has 1 aromatic heterocycles. The Kier molecular flexibility index (Phi) is 4.04. The predicted octanol–water partition coefficient (Wildman–Crippen LogP) is 2.80. The molecule has 3 heterocycles. The summed E-state index contributed by atoms with van der Waals surface area (Å²) in [5.41, 5.74) is -0.722. The van der Waals surface area contributed by atoms with Gasteiger partial charge in [0, 0.05) is 16.9 Å². The van der Waals surface area contributed by atoms with E-state index in [0.29, 0.717) is 25.7 Å². The second kappa shape index (κ2) is 5.92. The topological polar surface area (TPSA) is 89.3 Å². The fraction of sp³-hybridized carbons (Fsp3) is 0.700. The van der Waals surface area contributed by atoms with Crippen LogP contribution in [0, 0.1) is 17.3 Å². The van der Waals surface area contributed by atoms with Gasteiger partial charge in [0.1, 0.15) is 12.2 Å². The van der Waals surface area contributed by atoms with Gasteiger partial charge in [-0.15, -0.1) is 0 Å². The quantitative estimate of drug-likeness (QED) is 0.610. The second-order valence-corrected chi connectivity index (χ2v) is 8.71. The van der Waals surface area contributed by atoms with E-state index >= 15 is 0 Å². The highest BCUT2D eigenvalue weighted by atomic mass is 16.7. The van der Waals surface area contributed by atoms with E-state index in [2.05, 4.69) is 0 Å². The lowest BCUT2D eigenvalue weighted by molar-refractivity contribution is -0.171. The average molecular weight is 362 g/mol. The summed E-state index contributed by atoms with van der Waals surface area (Å²) in [4.78, 5) is 25.5. The maximum Gasteiger partial charge on any atom is 0.342 e. The zero-order valence-electron chi connectivity index (χ0n) is 15.4. The smallest absolute Gasteiger partial charge is 0.342 e. The van der Waals surface area contributed by atoms with Crippen LogP contribution in [0.25, 0.3) is 0 Å². The molecule has 1 aromatic rings. The Morgan fingerprint density at radius 2 is 2.00 bits per heavy atom. The van der Waals surface area contributed by atoms with Crippen LogP contribution < -0.4 is 0 Å². The minimum absolute atomic E-state index is 0.0462. The van der Waals surface area contributed by atoms with Gasteiger partial charge in [0.15, 0.2) is 11.4 Å². The normalized spacial score (nSPS) is 42.4. The van der Waals surface area contributed by atoms with Gasteiger partial charge >= 0.3 is 5.97 Å². The summed E-state index contributed by atoms with van der Waals surface area (Å²) >= 11 is 0. The third kappa shape index (κ3) is 2.62. The molecule has 2 aliphatic heterocycles. The molecule has 0 amide bonds. The molecule has 6 unspecified atom stereocenters. The Labute approximate surface area is 152 Å². The molecule has 3 aliphatic rings. The van der Waals surface area contributed by atoms with Crippen molar-refractivity contribution in [3.63, 3.8) is 0 Å². The Morgan fingerprint density at radius 3 is 2.69 bits per heavy atom. The molecule has 0 bridgehead atoms. The molecule has 6 atom stereocenters. The van der Waals surface area contributed by atoms with Crippen LogP contribution in [-0.4, -0.2) is 34.7 Å². The molecule has 1 aliphatic carbocycles. The lowest BCUT2D eigenvalue weighted by Gasteiger charge is -2.39. The summed E-state index contributed by atoms with van der Waals surface area (Å²) in [6, 6.07) is 1.80. The second-order valence-electron chi connectivity index (χ2n) is 8.71. The number of hydrogen-bond donors (Lipinski definition) is 1. The van der Waals surface area contributed by atoms with Crippen molar-refractivity contribution in [2.45, 2.75) is 70.4 Å². The molecular weight excluding hydrogens is 336 g/mol. The first-order valence-corrected chi connectivity index (χ1v) is 9.39. The van der Waals surface area contributed by atoms with Gasteiger partial charge in [0.25, 0.3) is 0 Å². The molecule has 2 saturated heterocycles. The molecule has 1 N–H and O–H groups in total. The van der Waals surface area contributed by atoms with Gasteiger partial charge in [-0.05, 0) is 37.7 Å². The number of hydrogen-bond acceptors (Lipinski definition) is 6. The first-order chi connectivity index (χ1) is 12.3. The van der Waals surface area contributed by atoms with Crippen molar-refractivity contribution in [1.82, 2.24) is 0 Å². The van der Waals surface area contributed by atoms with Crippen molar-refractivity contribution in [1.29, 1.82) is 0 Å². The number of cyclic esters (lactones) is 1. The van der Waals surface area contributed by atoms with E-state index in [1.54, 1.807) is 18.6 Å². The van der Waals surface area contributed by atoms with Crippen molar-refractivity contribution in [2.24, 2.45) is 17.3 Å². The maximum absolute atomic E-state index is 12.9. The molecule has 6 nitrogen and oxygen atoms in total. The van der Waals surface area contributed by atoms with E-state index in [0.717, 1.165) is 5.56 Å². The van der Waals surface area contributed by atoms with Gasteiger partial charge in [-0.25, -0.2) is 4.79 Å². The van der Waals surface area contributed by atoms with Crippen LogP contribution in [0.4, 0.5) is 0 Å². The number of aliphatic hydroxyl groups excluding tert-OH is 1. The minimum atomic E-state index is -1.02. The van der Waals surface area contributed by atoms with Crippen LogP contribution in [0.2, 0.25) is 0 Å². The molecule has 3 fully saturated rings. The predicted molar refractivity (Wildman–Crippen MR) is 91.1 cm³/mol. The zero-order valence-corrected chi connectivity index (χ0v) is 15.4. The average Bonchev–Trinajstić information content (AvgIpc) is 3.03. The number of furan rings is 1. The number of aliphatic hydroxyl groups is 1. The number of ether oxygens (including phenoxy) is 2. The SMILES string of the molecule is CC1CC(O)C(=O)C(C)(C)CCC2OC23C(=O)OC(c2ccoc2)CC13. The highest BCUT2D eigenvalue weighted by Crippen LogP contribution is 2.57. The van der Waals surface area contributed by atoms with Crippen LogP contribution in [0.1, 0.15) is 58.1 Å². The van der Waals surface area contributed by atoms with Crippen LogP contribution in [0.15, 0.2) is 23.0 Å². The van der Waals surface area contributed by atoms with E-state index in [4.69, 9.17) is 13.9 Å². The molecule has 142 valence electrons. The molecule has 1 spiro atoms. The number of carbonyl (C=O) groups excluding carboxylic acids is 2. The maximum atomic E-state index is 12.9. The van der Waals surface area contributed by atoms with Gasteiger partial charge in [-0.3, -0.25) is 4.79 Å². The first kappa shape index (κ1) is 17.7. The summed E-state index contributed by atoms with van der Waals surface area (Å²) in [5, 5.41) is 10.5. The number of esters is 1. The summed E-state index contributed by atoms with van der Waals surface area (Å²) in [7, 11) is 0. The molecular formula is C20H26O6. The summed E-state index contributed by atoms with van der Waals surface area (Å²) in [6.07, 6.45) is 3.67. The largest absolute Gasteiger partial charge is 0.472 e. The van der Waals surface area contributed by atoms with Crippen LogP contribution in [0.3, 0.4) is 0 Å². The van der Waals surface area contributed by atoms with E-state index in [9.17, 15) is 14.7 Å². The van der Waals surface area contributed by atoms with Crippen LogP contribution in [0.5, 0.6) is 0 Å². The van der Waals surface area contributed by atoms with Crippen molar-refractivity contribution >= 4 is 11.8 Å². The molecule has 1 saturated carbocycles. The van der Waals surface area contributed by atoms with E-state index in [1.165, 1.54) is 0 Å².